The lowest BCUT2D eigenvalue weighted by Crippen LogP contribution is -2.26. The summed E-state index contributed by atoms with van der Waals surface area (Å²) in [7, 11) is 0. The molecule has 2 nitrogen and oxygen atoms in total. The first-order valence-corrected chi connectivity index (χ1v) is 7.29. The van der Waals surface area contributed by atoms with Crippen LogP contribution in [-0.2, 0) is 0 Å². The summed E-state index contributed by atoms with van der Waals surface area (Å²) < 4.78 is 0. The van der Waals surface area contributed by atoms with E-state index in [2.05, 4.69) is 49.1 Å². The SMILES string of the molecule is CCCCN(CCCCC(C)N)c1ccccc1. The first kappa shape index (κ1) is 15.0. The first-order valence-electron chi connectivity index (χ1n) is 7.29. The Labute approximate surface area is 112 Å². The molecule has 2 heteroatoms. The highest BCUT2D eigenvalue weighted by atomic mass is 15.1. The highest BCUT2D eigenvalue weighted by Crippen LogP contribution is 2.15. The minimum atomic E-state index is 0.339. The summed E-state index contributed by atoms with van der Waals surface area (Å²) in [6.07, 6.45) is 6.12. The van der Waals surface area contributed by atoms with E-state index in [0.717, 1.165) is 13.0 Å². The van der Waals surface area contributed by atoms with E-state index >= 15 is 0 Å². The number of anilines is 1. The lowest BCUT2D eigenvalue weighted by Gasteiger charge is -2.25. The maximum Gasteiger partial charge on any atom is 0.0366 e. The summed E-state index contributed by atoms with van der Waals surface area (Å²) in [5, 5.41) is 0. The maximum absolute atomic E-state index is 5.79. The van der Waals surface area contributed by atoms with Crippen molar-refractivity contribution in [3.63, 3.8) is 0 Å². The van der Waals surface area contributed by atoms with Gasteiger partial charge in [-0.3, -0.25) is 0 Å². The highest BCUT2D eigenvalue weighted by molar-refractivity contribution is 5.45. The Hall–Kier alpha value is -1.02. The van der Waals surface area contributed by atoms with Gasteiger partial charge >= 0.3 is 0 Å². The molecule has 1 rings (SSSR count). The van der Waals surface area contributed by atoms with Crippen molar-refractivity contribution in [2.75, 3.05) is 18.0 Å². The second kappa shape index (κ2) is 8.98. The van der Waals surface area contributed by atoms with Crippen molar-refractivity contribution < 1.29 is 0 Å². The van der Waals surface area contributed by atoms with E-state index in [-0.39, 0.29) is 0 Å². The van der Waals surface area contributed by atoms with Crippen LogP contribution in [0.5, 0.6) is 0 Å². The molecule has 0 saturated heterocycles. The third kappa shape index (κ3) is 6.06. The summed E-state index contributed by atoms with van der Waals surface area (Å²) in [4.78, 5) is 2.50. The number of nitrogens with zero attached hydrogens (tertiary/aromatic N) is 1. The van der Waals surface area contributed by atoms with Gasteiger partial charge in [-0.25, -0.2) is 0 Å². The van der Waals surface area contributed by atoms with Gasteiger partial charge in [0.25, 0.3) is 0 Å². The van der Waals surface area contributed by atoms with E-state index in [4.69, 9.17) is 5.73 Å². The topological polar surface area (TPSA) is 29.3 Å². The van der Waals surface area contributed by atoms with E-state index < -0.39 is 0 Å². The lowest BCUT2D eigenvalue weighted by molar-refractivity contribution is 0.584. The summed E-state index contributed by atoms with van der Waals surface area (Å²) in [5.41, 5.74) is 7.14. The van der Waals surface area contributed by atoms with Gasteiger partial charge in [0.2, 0.25) is 0 Å². The average Bonchev–Trinajstić information content (AvgIpc) is 2.38. The molecule has 0 aliphatic rings. The average molecular weight is 248 g/mol. The van der Waals surface area contributed by atoms with E-state index in [1.54, 1.807) is 0 Å². The zero-order valence-corrected chi connectivity index (χ0v) is 11.9. The Morgan fingerprint density at radius 2 is 1.72 bits per heavy atom. The molecule has 0 saturated carbocycles. The van der Waals surface area contributed by atoms with E-state index in [1.165, 1.54) is 37.9 Å². The number of benzene rings is 1. The quantitative estimate of drug-likeness (QED) is 0.673. The smallest absolute Gasteiger partial charge is 0.0366 e. The van der Waals surface area contributed by atoms with Gasteiger partial charge in [-0.1, -0.05) is 38.0 Å². The Bertz CT molecular complexity index is 295. The minimum Gasteiger partial charge on any atom is -0.372 e. The number of nitrogens with two attached hydrogens (primary N) is 1. The van der Waals surface area contributed by atoms with Gasteiger partial charge in [-0.15, -0.1) is 0 Å². The fraction of sp³-hybridized carbons (Fsp3) is 0.625. The Morgan fingerprint density at radius 1 is 1.06 bits per heavy atom. The predicted molar refractivity (Wildman–Crippen MR) is 81.1 cm³/mol. The van der Waals surface area contributed by atoms with E-state index in [9.17, 15) is 0 Å². The van der Waals surface area contributed by atoms with Gasteiger partial charge in [0.15, 0.2) is 0 Å². The van der Waals surface area contributed by atoms with Crippen LogP contribution in [0.4, 0.5) is 5.69 Å². The molecular weight excluding hydrogens is 220 g/mol. The maximum atomic E-state index is 5.79. The third-order valence-corrected chi connectivity index (χ3v) is 3.24. The second-order valence-corrected chi connectivity index (χ2v) is 5.15. The Balaban J connectivity index is 2.41. The molecule has 102 valence electrons. The molecular formula is C16H28N2. The summed E-state index contributed by atoms with van der Waals surface area (Å²) in [5.74, 6) is 0. The zero-order chi connectivity index (χ0) is 13.2. The molecule has 0 aromatic heterocycles. The van der Waals surface area contributed by atoms with Crippen LogP contribution in [-0.4, -0.2) is 19.1 Å². The molecule has 0 aliphatic heterocycles. The van der Waals surface area contributed by atoms with Crippen LogP contribution in [0.25, 0.3) is 0 Å². The Kier molecular flexibility index (Phi) is 7.51. The van der Waals surface area contributed by atoms with Crippen LogP contribution in [0.15, 0.2) is 30.3 Å². The van der Waals surface area contributed by atoms with E-state index in [1.807, 2.05) is 0 Å². The molecule has 1 aromatic rings. The summed E-state index contributed by atoms with van der Waals surface area (Å²) in [6.45, 7) is 6.65. The number of unbranched alkanes of at least 4 members (excludes halogenated alkanes) is 2. The van der Waals surface area contributed by atoms with Crippen LogP contribution in [0.1, 0.15) is 46.0 Å². The van der Waals surface area contributed by atoms with Crippen molar-refractivity contribution in [1.82, 2.24) is 0 Å². The number of hydrogen-bond donors (Lipinski definition) is 1. The highest BCUT2D eigenvalue weighted by Gasteiger charge is 2.05. The molecule has 0 amide bonds. The van der Waals surface area contributed by atoms with Crippen LogP contribution in [0.2, 0.25) is 0 Å². The molecule has 1 aromatic carbocycles. The van der Waals surface area contributed by atoms with E-state index in [0.29, 0.717) is 6.04 Å². The fourth-order valence-electron chi connectivity index (χ4n) is 2.13. The number of hydrogen-bond acceptors (Lipinski definition) is 2. The van der Waals surface area contributed by atoms with Gasteiger partial charge in [0, 0.05) is 24.8 Å². The summed E-state index contributed by atoms with van der Waals surface area (Å²) in [6, 6.07) is 11.1. The van der Waals surface area contributed by atoms with Crippen molar-refractivity contribution >= 4 is 5.69 Å². The van der Waals surface area contributed by atoms with Crippen molar-refractivity contribution in [1.29, 1.82) is 0 Å². The molecule has 0 radical (unpaired) electrons. The molecule has 0 aliphatic carbocycles. The number of rotatable bonds is 9. The molecule has 0 spiro atoms. The number of para-hydroxylation sites is 1. The second-order valence-electron chi connectivity index (χ2n) is 5.15. The molecule has 1 atom stereocenters. The fourth-order valence-corrected chi connectivity index (χ4v) is 2.13. The molecule has 1 unspecified atom stereocenters. The van der Waals surface area contributed by atoms with Crippen LogP contribution in [0.3, 0.4) is 0 Å². The molecule has 0 heterocycles. The van der Waals surface area contributed by atoms with Crippen molar-refractivity contribution in [3.05, 3.63) is 30.3 Å². The first-order chi connectivity index (χ1) is 8.74. The predicted octanol–water partition coefficient (Wildman–Crippen LogP) is 3.81. The molecule has 2 N–H and O–H groups in total. The zero-order valence-electron chi connectivity index (χ0n) is 11.9. The van der Waals surface area contributed by atoms with Crippen LogP contribution in [0, 0.1) is 0 Å². The Morgan fingerprint density at radius 3 is 2.33 bits per heavy atom. The minimum absolute atomic E-state index is 0.339. The van der Waals surface area contributed by atoms with Gasteiger partial charge in [0.1, 0.15) is 0 Å². The van der Waals surface area contributed by atoms with Crippen molar-refractivity contribution in [2.45, 2.75) is 52.0 Å². The van der Waals surface area contributed by atoms with Crippen molar-refractivity contribution in [2.24, 2.45) is 5.73 Å². The normalized spacial score (nSPS) is 12.4. The van der Waals surface area contributed by atoms with Gasteiger partial charge in [-0.05, 0) is 38.3 Å². The summed E-state index contributed by atoms with van der Waals surface area (Å²) >= 11 is 0. The van der Waals surface area contributed by atoms with Crippen LogP contribution >= 0.6 is 0 Å². The van der Waals surface area contributed by atoms with Crippen molar-refractivity contribution in [3.8, 4) is 0 Å². The third-order valence-electron chi connectivity index (χ3n) is 3.24. The molecule has 0 bridgehead atoms. The van der Waals surface area contributed by atoms with Gasteiger partial charge in [0.05, 0.1) is 0 Å². The molecule has 18 heavy (non-hydrogen) atoms. The van der Waals surface area contributed by atoms with Gasteiger partial charge < -0.3 is 10.6 Å². The monoisotopic (exact) mass is 248 g/mol. The van der Waals surface area contributed by atoms with Gasteiger partial charge in [-0.2, -0.15) is 0 Å². The largest absolute Gasteiger partial charge is 0.372 e. The lowest BCUT2D eigenvalue weighted by atomic mass is 10.1. The molecule has 0 fully saturated rings. The standard InChI is InChI=1S/C16H28N2/c1-3-4-13-18(14-9-8-10-15(2)17)16-11-6-5-7-12-16/h5-7,11-12,15H,3-4,8-10,13-14,17H2,1-2H3. The van der Waals surface area contributed by atoms with Crippen LogP contribution < -0.4 is 10.6 Å².